The van der Waals surface area contributed by atoms with E-state index in [-0.39, 0.29) is 22.9 Å². The first-order valence-electron chi connectivity index (χ1n) is 8.71. The van der Waals surface area contributed by atoms with Gasteiger partial charge in [0.15, 0.2) is 5.75 Å². The molecule has 2 N–H and O–H groups in total. The molecular weight excluding hydrogens is 348 g/mol. The van der Waals surface area contributed by atoms with E-state index in [9.17, 15) is 14.9 Å². The van der Waals surface area contributed by atoms with E-state index in [1.807, 2.05) is 24.3 Å². The minimum absolute atomic E-state index is 0.156. The van der Waals surface area contributed by atoms with Crippen molar-refractivity contribution in [2.24, 2.45) is 0 Å². The van der Waals surface area contributed by atoms with Gasteiger partial charge in [-0.25, -0.2) is 4.98 Å². The number of H-pyrrole nitrogens is 1. The van der Waals surface area contributed by atoms with Gasteiger partial charge in [-0.2, -0.15) is 0 Å². The van der Waals surface area contributed by atoms with Crippen molar-refractivity contribution < 1.29 is 14.5 Å². The summed E-state index contributed by atoms with van der Waals surface area (Å²) in [7, 11) is 0. The summed E-state index contributed by atoms with van der Waals surface area (Å²) >= 11 is 0. The first-order valence-corrected chi connectivity index (χ1v) is 8.71. The molecule has 8 heteroatoms. The van der Waals surface area contributed by atoms with Gasteiger partial charge in [0, 0.05) is 24.6 Å². The Balaban J connectivity index is 1.55. The van der Waals surface area contributed by atoms with Crippen LogP contribution in [-0.2, 0) is 6.42 Å². The number of imidazole rings is 1. The molecule has 0 aliphatic heterocycles. The lowest BCUT2D eigenvalue weighted by atomic mass is 10.1. The molecule has 0 bridgehead atoms. The monoisotopic (exact) mass is 368 g/mol. The Bertz CT molecular complexity index is 934. The summed E-state index contributed by atoms with van der Waals surface area (Å²) in [5, 5.41) is 13.9. The van der Waals surface area contributed by atoms with Gasteiger partial charge in [-0.3, -0.25) is 14.9 Å². The van der Waals surface area contributed by atoms with Crippen molar-refractivity contribution >= 4 is 22.6 Å². The molecule has 27 heavy (non-hydrogen) atoms. The van der Waals surface area contributed by atoms with Crippen molar-refractivity contribution in [3.63, 3.8) is 0 Å². The van der Waals surface area contributed by atoms with Gasteiger partial charge in [-0.15, -0.1) is 0 Å². The van der Waals surface area contributed by atoms with E-state index in [0.29, 0.717) is 26.0 Å². The van der Waals surface area contributed by atoms with Crippen LogP contribution in [-0.4, -0.2) is 34.0 Å². The second kappa shape index (κ2) is 8.31. The van der Waals surface area contributed by atoms with Crippen LogP contribution in [0.3, 0.4) is 0 Å². The standard InChI is InChI=1S/C19H20N4O4/c1-2-27-17-10-9-13(12-16(17)23(25)26)19(24)20-11-5-8-18-21-14-6-3-4-7-15(14)22-18/h3-4,6-7,9-10,12H,2,5,8,11H2,1H3,(H,20,24)(H,21,22). The minimum Gasteiger partial charge on any atom is -0.487 e. The van der Waals surface area contributed by atoms with Gasteiger partial charge < -0.3 is 15.0 Å². The molecule has 140 valence electrons. The molecule has 2 aromatic carbocycles. The summed E-state index contributed by atoms with van der Waals surface area (Å²) in [6.07, 6.45) is 1.39. The molecule has 0 aliphatic carbocycles. The number of carbonyl (C=O) groups excluding carboxylic acids is 1. The summed E-state index contributed by atoms with van der Waals surface area (Å²) in [4.78, 5) is 30.6. The molecule has 1 heterocycles. The second-order valence-electron chi connectivity index (χ2n) is 5.93. The van der Waals surface area contributed by atoms with Crippen molar-refractivity contribution in [1.29, 1.82) is 0 Å². The Hall–Kier alpha value is -3.42. The average molecular weight is 368 g/mol. The molecule has 8 nitrogen and oxygen atoms in total. The highest BCUT2D eigenvalue weighted by Crippen LogP contribution is 2.27. The summed E-state index contributed by atoms with van der Waals surface area (Å²) in [6.45, 7) is 2.50. The number of aromatic nitrogens is 2. The summed E-state index contributed by atoms with van der Waals surface area (Å²) in [5.41, 5.74) is 1.91. The Labute approximate surface area is 155 Å². The number of hydrogen-bond donors (Lipinski definition) is 2. The number of fused-ring (bicyclic) bond motifs is 1. The quantitative estimate of drug-likeness (QED) is 0.360. The first-order chi connectivity index (χ1) is 13.1. The van der Waals surface area contributed by atoms with Crippen LogP contribution in [0.4, 0.5) is 5.69 Å². The number of aromatic amines is 1. The van der Waals surface area contributed by atoms with Crippen LogP contribution in [0.1, 0.15) is 29.5 Å². The maximum Gasteiger partial charge on any atom is 0.311 e. The van der Waals surface area contributed by atoms with Crippen LogP contribution in [0.25, 0.3) is 11.0 Å². The number of hydrogen-bond acceptors (Lipinski definition) is 5. The van der Waals surface area contributed by atoms with Gasteiger partial charge in [0.05, 0.1) is 22.6 Å². The number of nitrogens with zero attached hydrogens (tertiary/aromatic N) is 2. The van der Waals surface area contributed by atoms with Crippen LogP contribution in [0.2, 0.25) is 0 Å². The number of aryl methyl sites for hydroxylation is 1. The van der Waals surface area contributed by atoms with E-state index in [2.05, 4.69) is 15.3 Å². The van der Waals surface area contributed by atoms with Crippen LogP contribution in [0, 0.1) is 10.1 Å². The van der Waals surface area contributed by atoms with Crippen molar-refractivity contribution in [3.05, 3.63) is 64.0 Å². The van der Waals surface area contributed by atoms with Crippen molar-refractivity contribution in [2.75, 3.05) is 13.2 Å². The smallest absolute Gasteiger partial charge is 0.311 e. The van der Waals surface area contributed by atoms with E-state index in [1.165, 1.54) is 18.2 Å². The largest absolute Gasteiger partial charge is 0.487 e. The van der Waals surface area contributed by atoms with Crippen molar-refractivity contribution in [2.45, 2.75) is 19.8 Å². The molecule has 0 atom stereocenters. The van der Waals surface area contributed by atoms with E-state index in [4.69, 9.17) is 4.74 Å². The zero-order valence-electron chi connectivity index (χ0n) is 14.9. The van der Waals surface area contributed by atoms with Crippen LogP contribution in [0.15, 0.2) is 42.5 Å². The highest BCUT2D eigenvalue weighted by molar-refractivity contribution is 5.95. The Kier molecular flexibility index (Phi) is 5.65. The lowest BCUT2D eigenvalue weighted by molar-refractivity contribution is -0.385. The van der Waals surface area contributed by atoms with E-state index in [1.54, 1.807) is 6.92 Å². The number of rotatable bonds is 8. The minimum atomic E-state index is -0.552. The van der Waals surface area contributed by atoms with Crippen LogP contribution >= 0.6 is 0 Å². The van der Waals surface area contributed by atoms with Crippen LogP contribution < -0.4 is 10.1 Å². The maximum atomic E-state index is 12.2. The normalized spacial score (nSPS) is 10.7. The number of ether oxygens (including phenoxy) is 1. The highest BCUT2D eigenvalue weighted by atomic mass is 16.6. The number of carbonyl (C=O) groups is 1. The fraction of sp³-hybridized carbons (Fsp3) is 0.263. The van der Waals surface area contributed by atoms with Gasteiger partial charge in [0.25, 0.3) is 5.91 Å². The Morgan fingerprint density at radius 3 is 2.85 bits per heavy atom. The van der Waals surface area contributed by atoms with Gasteiger partial charge in [0.1, 0.15) is 5.82 Å². The number of nitro benzene ring substituents is 1. The van der Waals surface area contributed by atoms with Gasteiger partial charge in [-0.05, 0) is 37.6 Å². The molecule has 1 amide bonds. The summed E-state index contributed by atoms with van der Waals surface area (Å²) < 4.78 is 5.22. The second-order valence-corrected chi connectivity index (χ2v) is 5.93. The maximum absolute atomic E-state index is 12.2. The fourth-order valence-corrected chi connectivity index (χ4v) is 2.76. The molecule has 0 aliphatic rings. The van der Waals surface area contributed by atoms with Crippen LogP contribution in [0.5, 0.6) is 5.75 Å². The van der Waals surface area contributed by atoms with Gasteiger partial charge in [-0.1, -0.05) is 12.1 Å². The third-order valence-corrected chi connectivity index (χ3v) is 4.03. The number of nitrogens with one attached hydrogen (secondary N) is 2. The zero-order valence-corrected chi connectivity index (χ0v) is 14.9. The fourth-order valence-electron chi connectivity index (χ4n) is 2.76. The van der Waals surface area contributed by atoms with E-state index in [0.717, 1.165) is 16.9 Å². The number of para-hydroxylation sites is 2. The lowest BCUT2D eigenvalue weighted by Gasteiger charge is -2.07. The van der Waals surface area contributed by atoms with Crippen molar-refractivity contribution in [1.82, 2.24) is 15.3 Å². The molecule has 0 unspecified atom stereocenters. The predicted octanol–water partition coefficient (Wildman–Crippen LogP) is 3.23. The third-order valence-electron chi connectivity index (χ3n) is 4.03. The molecule has 0 radical (unpaired) electrons. The third kappa shape index (κ3) is 4.41. The topological polar surface area (TPSA) is 110 Å². The Morgan fingerprint density at radius 2 is 2.11 bits per heavy atom. The zero-order chi connectivity index (χ0) is 19.2. The SMILES string of the molecule is CCOc1ccc(C(=O)NCCCc2nc3ccccc3[nH]2)cc1[N+](=O)[O-]. The number of amides is 1. The van der Waals surface area contributed by atoms with Gasteiger partial charge >= 0.3 is 5.69 Å². The lowest BCUT2D eigenvalue weighted by Crippen LogP contribution is -2.25. The molecular formula is C19H20N4O4. The molecule has 3 rings (SSSR count). The Morgan fingerprint density at radius 1 is 1.30 bits per heavy atom. The van der Waals surface area contributed by atoms with E-state index < -0.39 is 4.92 Å². The number of nitro groups is 1. The molecule has 0 saturated carbocycles. The summed E-state index contributed by atoms with van der Waals surface area (Å²) in [6, 6.07) is 12.0. The highest BCUT2D eigenvalue weighted by Gasteiger charge is 2.18. The number of benzene rings is 2. The molecule has 0 spiro atoms. The molecule has 0 saturated heterocycles. The molecule has 3 aromatic rings. The first kappa shape index (κ1) is 18.4. The molecule has 0 fully saturated rings. The molecule has 1 aromatic heterocycles. The summed E-state index contributed by atoms with van der Waals surface area (Å²) in [5.74, 6) is 0.664. The average Bonchev–Trinajstić information content (AvgIpc) is 3.08. The van der Waals surface area contributed by atoms with Gasteiger partial charge in [0.2, 0.25) is 0 Å². The van der Waals surface area contributed by atoms with E-state index >= 15 is 0 Å². The van der Waals surface area contributed by atoms with Crippen molar-refractivity contribution in [3.8, 4) is 5.75 Å². The predicted molar refractivity (Wildman–Crippen MR) is 101 cm³/mol.